The second kappa shape index (κ2) is 4.93. The van der Waals surface area contributed by atoms with Crippen LogP contribution in [0.25, 0.3) is 5.57 Å². The average molecular weight is 407 g/mol. The van der Waals surface area contributed by atoms with E-state index in [-0.39, 0.29) is 0 Å². The fraction of sp³-hybridized carbons (Fsp3) is 0.273. The van der Waals surface area contributed by atoms with E-state index < -0.39 is 0 Å². The average Bonchev–Trinajstić information content (AvgIpc) is 2.81. The van der Waals surface area contributed by atoms with E-state index in [2.05, 4.69) is 62.2 Å². The molecule has 0 fully saturated rings. The molecule has 6 heteroatoms. The van der Waals surface area contributed by atoms with Gasteiger partial charge in [0.15, 0.2) is 0 Å². The molecular formula is C11H12BrIN4. The lowest BCUT2D eigenvalue weighted by Gasteiger charge is -2.00. The van der Waals surface area contributed by atoms with E-state index in [9.17, 15) is 0 Å². The summed E-state index contributed by atoms with van der Waals surface area (Å²) in [5, 5.41) is 8.67. The van der Waals surface area contributed by atoms with Crippen molar-refractivity contribution in [2.75, 3.05) is 0 Å². The fourth-order valence-electron chi connectivity index (χ4n) is 1.57. The molecule has 0 atom stereocenters. The highest BCUT2D eigenvalue weighted by molar-refractivity contribution is 14.1. The van der Waals surface area contributed by atoms with Gasteiger partial charge in [0.2, 0.25) is 0 Å². The number of halogens is 2. The summed E-state index contributed by atoms with van der Waals surface area (Å²) in [5.74, 6) is 0. The van der Waals surface area contributed by atoms with E-state index in [1.165, 1.54) is 0 Å². The number of aromatic nitrogens is 4. The van der Waals surface area contributed by atoms with Gasteiger partial charge in [0, 0.05) is 37.1 Å². The van der Waals surface area contributed by atoms with Gasteiger partial charge in [0.1, 0.15) is 8.30 Å². The highest BCUT2D eigenvalue weighted by Crippen LogP contribution is 2.29. The van der Waals surface area contributed by atoms with Crippen molar-refractivity contribution in [3.05, 3.63) is 38.4 Å². The molecule has 0 N–H and O–H groups in total. The zero-order chi connectivity index (χ0) is 12.6. The Morgan fingerprint density at radius 2 is 2.12 bits per heavy atom. The molecule has 2 heterocycles. The predicted octanol–water partition coefficient (Wildman–Crippen LogP) is 3.07. The van der Waals surface area contributed by atoms with Gasteiger partial charge in [0.25, 0.3) is 0 Å². The molecule has 17 heavy (non-hydrogen) atoms. The van der Waals surface area contributed by atoms with E-state index in [1.54, 1.807) is 4.68 Å². The standard InChI is InChI=1S/C11H12BrIN4/c1-4-17-6-8(10(12)14-17)7(2)9-5-16(3)15-11(9)13/h5-6H,2,4H2,1,3H3. The van der Waals surface area contributed by atoms with Crippen LogP contribution in [0.5, 0.6) is 0 Å². The van der Waals surface area contributed by atoms with Gasteiger partial charge in [-0.25, -0.2) is 0 Å². The van der Waals surface area contributed by atoms with Crippen molar-refractivity contribution in [1.29, 1.82) is 0 Å². The molecule has 0 unspecified atom stereocenters. The smallest absolute Gasteiger partial charge is 0.135 e. The summed E-state index contributed by atoms with van der Waals surface area (Å²) >= 11 is 5.68. The van der Waals surface area contributed by atoms with Crippen LogP contribution in [-0.4, -0.2) is 19.6 Å². The SMILES string of the molecule is C=C(c1cn(CC)nc1Br)c1cn(C)nc1I. The maximum absolute atomic E-state index is 4.36. The minimum absolute atomic E-state index is 0.823. The maximum atomic E-state index is 4.36. The van der Waals surface area contributed by atoms with Crippen molar-refractivity contribution in [2.45, 2.75) is 13.5 Å². The zero-order valence-corrected chi connectivity index (χ0v) is 13.4. The molecule has 90 valence electrons. The maximum Gasteiger partial charge on any atom is 0.135 e. The third-order valence-corrected chi connectivity index (χ3v) is 3.86. The summed E-state index contributed by atoms with van der Waals surface area (Å²) in [5.41, 5.74) is 3.00. The highest BCUT2D eigenvalue weighted by Gasteiger charge is 2.15. The van der Waals surface area contributed by atoms with Crippen LogP contribution in [-0.2, 0) is 13.6 Å². The first-order chi connectivity index (χ1) is 8.02. The molecule has 0 aliphatic carbocycles. The Kier molecular flexibility index (Phi) is 3.72. The number of nitrogens with zero attached hydrogens (tertiary/aromatic N) is 4. The molecule has 4 nitrogen and oxygen atoms in total. The van der Waals surface area contributed by atoms with E-state index in [0.717, 1.165) is 31.5 Å². The van der Waals surface area contributed by atoms with Crippen molar-refractivity contribution >= 4 is 44.1 Å². The summed E-state index contributed by atoms with van der Waals surface area (Å²) in [6, 6.07) is 0. The Hall–Kier alpha value is -0.630. The minimum Gasteiger partial charge on any atom is -0.274 e. The van der Waals surface area contributed by atoms with Gasteiger partial charge >= 0.3 is 0 Å². The molecule has 0 radical (unpaired) electrons. The first-order valence-electron chi connectivity index (χ1n) is 5.14. The first-order valence-corrected chi connectivity index (χ1v) is 7.01. The highest BCUT2D eigenvalue weighted by atomic mass is 127. The van der Waals surface area contributed by atoms with Crippen molar-refractivity contribution in [3.8, 4) is 0 Å². The monoisotopic (exact) mass is 406 g/mol. The van der Waals surface area contributed by atoms with E-state index in [0.29, 0.717) is 0 Å². The van der Waals surface area contributed by atoms with Crippen LogP contribution < -0.4 is 0 Å². The topological polar surface area (TPSA) is 35.6 Å². The Labute approximate surface area is 122 Å². The van der Waals surface area contributed by atoms with E-state index in [1.807, 2.05) is 24.1 Å². The van der Waals surface area contributed by atoms with Crippen LogP contribution >= 0.6 is 38.5 Å². The van der Waals surface area contributed by atoms with Crippen LogP contribution in [0.4, 0.5) is 0 Å². The second-order valence-electron chi connectivity index (χ2n) is 3.68. The summed E-state index contributed by atoms with van der Waals surface area (Å²) in [6.07, 6.45) is 3.97. The molecule has 0 bridgehead atoms. The molecule has 0 amide bonds. The van der Waals surface area contributed by atoms with Crippen LogP contribution in [0.15, 0.2) is 23.6 Å². The molecule has 2 aromatic rings. The molecule has 0 aliphatic rings. The molecule has 0 spiro atoms. The van der Waals surface area contributed by atoms with Crippen molar-refractivity contribution < 1.29 is 0 Å². The zero-order valence-electron chi connectivity index (χ0n) is 9.61. The third kappa shape index (κ3) is 2.47. The summed E-state index contributed by atoms with van der Waals surface area (Å²) in [6.45, 7) is 7.03. The van der Waals surface area contributed by atoms with Crippen LogP contribution in [0.1, 0.15) is 18.1 Å². The molecule has 2 aromatic heterocycles. The first kappa shape index (κ1) is 12.8. The number of rotatable bonds is 3. The molecular weight excluding hydrogens is 395 g/mol. The summed E-state index contributed by atoms with van der Waals surface area (Å²) in [4.78, 5) is 0. The Bertz CT molecular complexity index is 570. The van der Waals surface area contributed by atoms with Crippen LogP contribution in [0.2, 0.25) is 0 Å². The van der Waals surface area contributed by atoms with Gasteiger partial charge < -0.3 is 0 Å². The van der Waals surface area contributed by atoms with Crippen molar-refractivity contribution in [2.24, 2.45) is 7.05 Å². The lowest BCUT2D eigenvalue weighted by Crippen LogP contribution is -1.92. The van der Waals surface area contributed by atoms with Gasteiger partial charge in [-0.3, -0.25) is 9.36 Å². The van der Waals surface area contributed by atoms with Gasteiger partial charge in [-0.05, 0) is 51.0 Å². The van der Waals surface area contributed by atoms with E-state index >= 15 is 0 Å². The lowest BCUT2D eigenvalue weighted by atomic mass is 10.1. The number of hydrogen-bond acceptors (Lipinski definition) is 2. The van der Waals surface area contributed by atoms with Gasteiger partial charge in [0.05, 0.1) is 0 Å². The second-order valence-corrected chi connectivity index (χ2v) is 5.45. The Balaban J connectivity index is 2.43. The molecule has 2 rings (SSSR count). The number of aryl methyl sites for hydroxylation is 2. The third-order valence-electron chi connectivity index (χ3n) is 2.47. The molecule has 0 saturated carbocycles. The number of hydrogen-bond donors (Lipinski definition) is 0. The Morgan fingerprint density at radius 1 is 1.41 bits per heavy atom. The van der Waals surface area contributed by atoms with Crippen LogP contribution in [0, 0.1) is 3.70 Å². The fourth-order valence-corrected chi connectivity index (χ4v) is 2.92. The minimum atomic E-state index is 0.823. The summed E-state index contributed by atoms with van der Waals surface area (Å²) in [7, 11) is 1.91. The van der Waals surface area contributed by atoms with Gasteiger partial charge in [-0.2, -0.15) is 10.2 Å². The quantitative estimate of drug-likeness (QED) is 0.734. The van der Waals surface area contributed by atoms with Crippen molar-refractivity contribution in [1.82, 2.24) is 19.6 Å². The molecule has 0 aromatic carbocycles. The van der Waals surface area contributed by atoms with Crippen molar-refractivity contribution in [3.63, 3.8) is 0 Å². The molecule has 0 aliphatic heterocycles. The van der Waals surface area contributed by atoms with Crippen LogP contribution in [0.3, 0.4) is 0 Å². The van der Waals surface area contributed by atoms with Gasteiger partial charge in [-0.15, -0.1) is 0 Å². The van der Waals surface area contributed by atoms with E-state index in [4.69, 9.17) is 0 Å². The largest absolute Gasteiger partial charge is 0.274 e. The summed E-state index contributed by atoms with van der Waals surface area (Å²) < 4.78 is 5.45. The Morgan fingerprint density at radius 3 is 2.59 bits per heavy atom. The predicted molar refractivity (Wildman–Crippen MR) is 79.7 cm³/mol. The van der Waals surface area contributed by atoms with Gasteiger partial charge in [-0.1, -0.05) is 6.58 Å². The normalized spacial score (nSPS) is 10.8. The lowest BCUT2D eigenvalue weighted by molar-refractivity contribution is 0.655. The molecule has 0 saturated heterocycles.